The number of alkyl halides is 2. The third kappa shape index (κ3) is 5.04. The number of ether oxygens (including phenoxy) is 1. The fourth-order valence-electron chi connectivity index (χ4n) is 7.20. The van der Waals surface area contributed by atoms with Gasteiger partial charge in [0.2, 0.25) is 17.6 Å². The van der Waals surface area contributed by atoms with Gasteiger partial charge in [-0.05, 0) is 61.1 Å². The second kappa shape index (κ2) is 11.8. The molecule has 2 aliphatic carbocycles. The molecule has 2 amide bonds. The number of hydrogen-bond acceptors (Lipinski definition) is 6. The summed E-state index contributed by atoms with van der Waals surface area (Å²) in [6, 6.07) is 22.5. The molecule has 0 radical (unpaired) electrons. The normalized spacial score (nSPS) is 25.9. The predicted molar refractivity (Wildman–Crippen MR) is 179 cm³/mol. The Kier molecular flexibility index (Phi) is 7.90. The number of nitrogens with zero attached hydrogens (tertiary/aromatic N) is 2. The van der Waals surface area contributed by atoms with Crippen LogP contribution in [0.5, 0.6) is 0 Å². The van der Waals surface area contributed by atoms with Crippen LogP contribution in [0.4, 0.5) is 5.69 Å². The molecule has 4 aromatic rings. The van der Waals surface area contributed by atoms with E-state index in [1.165, 1.54) is 4.90 Å². The van der Waals surface area contributed by atoms with Crippen molar-refractivity contribution in [3.05, 3.63) is 95.0 Å². The number of benzene rings is 3. The van der Waals surface area contributed by atoms with Gasteiger partial charge in [-0.15, -0.1) is 0 Å². The number of rotatable bonds is 7. The minimum atomic E-state index is -0.963. The first-order chi connectivity index (χ1) is 21.7. The van der Waals surface area contributed by atoms with E-state index in [4.69, 9.17) is 21.3 Å². The van der Waals surface area contributed by atoms with Crippen molar-refractivity contribution in [3.8, 4) is 11.3 Å². The summed E-state index contributed by atoms with van der Waals surface area (Å²) in [6.45, 7) is 1.79. The van der Waals surface area contributed by atoms with E-state index in [1.54, 1.807) is 79.7 Å². The minimum Gasteiger partial charge on any atom is -0.450 e. The van der Waals surface area contributed by atoms with Crippen molar-refractivity contribution in [2.24, 2.45) is 23.7 Å². The molecule has 10 heteroatoms. The summed E-state index contributed by atoms with van der Waals surface area (Å²) < 4.78 is 5.78. The summed E-state index contributed by atoms with van der Waals surface area (Å²) >= 11 is 13.8. The van der Waals surface area contributed by atoms with E-state index in [0.717, 1.165) is 6.42 Å². The highest BCUT2D eigenvalue weighted by molar-refractivity contribution is 9.12. The predicted octanol–water partition coefficient (Wildman–Crippen LogP) is 7.66. The number of carbonyl (C=O) groups is 4. The molecule has 3 aliphatic rings. The number of Topliss-reactive ketones (excluding diaryl/α,β-unsaturated/α-hetero) is 1. The van der Waals surface area contributed by atoms with E-state index in [1.807, 2.05) is 6.07 Å². The molecule has 7 atom stereocenters. The molecule has 1 saturated heterocycles. The number of esters is 1. The number of fused-ring (bicyclic) bond motifs is 6. The largest absolute Gasteiger partial charge is 0.450 e. The number of pyridine rings is 1. The Morgan fingerprint density at radius 2 is 1.58 bits per heavy atom. The molecular weight excluding hydrogens is 724 g/mol. The third-order valence-corrected chi connectivity index (χ3v) is 12.8. The van der Waals surface area contributed by atoms with E-state index in [-0.39, 0.29) is 56.5 Å². The molecule has 0 N–H and O–H groups in total. The average Bonchev–Trinajstić information content (AvgIpc) is 3.67. The van der Waals surface area contributed by atoms with Gasteiger partial charge in [-0.2, -0.15) is 0 Å². The topological polar surface area (TPSA) is 93.6 Å². The second-order valence-electron chi connectivity index (χ2n) is 11.8. The molecule has 45 heavy (non-hydrogen) atoms. The number of halogens is 3. The van der Waals surface area contributed by atoms with Gasteiger partial charge in [-0.25, -0.2) is 9.78 Å². The molecule has 228 valence electrons. The van der Waals surface area contributed by atoms with Crippen LogP contribution < -0.4 is 4.90 Å². The Bertz CT molecular complexity index is 1840. The van der Waals surface area contributed by atoms with Gasteiger partial charge < -0.3 is 4.74 Å². The maximum atomic E-state index is 13.6. The first-order valence-electron chi connectivity index (χ1n) is 14.8. The van der Waals surface area contributed by atoms with Gasteiger partial charge >= 0.3 is 5.97 Å². The number of aromatic nitrogens is 1. The van der Waals surface area contributed by atoms with Gasteiger partial charge in [-0.3, -0.25) is 19.3 Å². The highest BCUT2D eigenvalue weighted by atomic mass is 79.9. The lowest BCUT2D eigenvalue weighted by molar-refractivity contribution is -0.123. The maximum absolute atomic E-state index is 13.6. The molecule has 2 bridgehead atoms. The number of anilines is 1. The number of hydrogen-bond donors (Lipinski definition) is 0. The van der Waals surface area contributed by atoms with Crippen molar-refractivity contribution in [3.63, 3.8) is 0 Å². The van der Waals surface area contributed by atoms with Crippen molar-refractivity contribution in [2.45, 2.75) is 35.5 Å². The fraction of sp³-hybridized carbons (Fsp3) is 0.286. The van der Waals surface area contributed by atoms with Crippen LogP contribution in [0, 0.1) is 23.7 Å². The van der Waals surface area contributed by atoms with Gasteiger partial charge in [0.05, 0.1) is 34.3 Å². The van der Waals surface area contributed by atoms with Gasteiger partial charge in [0.25, 0.3) is 0 Å². The highest BCUT2D eigenvalue weighted by Crippen LogP contribution is 2.60. The Morgan fingerprint density at radius 1 is 0.933 bits per heavy atom. The van der Waals surface area contributed by atoms with Crippen LogP contribution in [-0.2, 0) is 14.3 Å². The van der Waals surface area contributed by atoms with Crippen LogP contribution in [0.25, 0.3) is 22.2 Å². The van der Waals surface area contributed by atoms with Crippen molar-refractivity contribution in [2.75, 3.05) is 4.90 Å². The van der Waals surface area contributed by atoms with E-state index < -0.39 is 12.1 Å². The first-order valence-corrected chi connectivity index (χ1v) is 17.1. The van der Waals surface area contributed by atoms with Crippen LogP contribution in [0.15, 0.2) is 78.9 Å². The van der Waals surface area contributed by atoms with E-state index in [2.05, 4.69) is 31.9 Å². The van der Waals surface area contributed by atoms with Gasteiger partial charge in [0.1, 0.15) is 0 Å². The van der Waals surface area contributed by atoms with Gasteiger partial charge in [0, 0.05) is 31.2 Å². The van der Waals surface area contributed by atoms with Gasteiger partial charge in [-0.1, -0.05) is 92.8 Å². The van der Waals surface area contributed by atoms with E-state index in [0.29, 0.717) is 44.9 Å². The third-order valence-electron chi connectivity index (χ3n) is 9.37. The lowest BCUT2D eigenvalue weighted by atomic mass is 9.81. The van der Waals surface area contributed by atoms with Crippen LogP contribution in [0.2, 0.25) is 5.02 Å². The lowest BCUT2D eigenvalue weighted by Crippen LogP contribution is -2.37. The maximum Gasteiger partial charge on any atom is 0.339 e. The molecule has 3 aromatic carbocycles. The van der Waals surface area contributed by atoms with Crippen LogP contribution >= 0.6 is 43.5 Å². The van der Waals surface area contributed by atoms with Crippen molar-refractivity contribution in [1.82, 2.24) is 4.98 Å². The van der Waals surface area contributed by atoms with Crippen molar-refractivity contribution >= 4 is 83.6 Å². The molecule has 1 aromatic heterocycles. The zero-order chi connectivity index (χ0) is 31.6. The molecule has 7 rings (SSSR count). The van der Waals surface area contributed by atoms with E-state index >= 15 is 0 Å². The molecule has 0 spiro atoms. The molecule has 1 aliphatic heterocycles. The fourth-order valence-corrected chi connectivity index (χ4v) is 9.25. The minimum absolute atomic E-state index is 0.133. The smallest absolute Gasteiger partial charge is 0.339 e. The number of carbonyl (C=O) groups excluding carboxylic acids is 4. The van der Waals surface area contributed by atoms with Crippen LogP contribution in [0.3, 0.4) is 0 Å². The summed E-state index contributed by atoms with van der Waals surface area (Å²) in [5, 5.41) is 0.929. The molecule has 3 fully saturated rings. The van der Waals surface area contributed by atoms with Crippen molar-refractivity contribution < 1.29 is 23.9 Å². The quantitative estimate of drug-likeness (QED) is 0.0834. The number of ketones is 1. The summed E-state index contributed by atoms with van der Waals surface area (Å²) in [4.78, 5) is 60.2. The second-order valence-corrected chi connectivity index (χ2v) is 14.4. The Labute approximate surface area is 281 Å². The van der Waals surface area contributed by atoms with Crippen molar-refractivity contribution in [1.29, 1.82) is 0 Å². The first kappa shape index (κ1) is 30.3. The zero-order valence-electron chi connectivity index (χ0n) is 24.0. The Morgan fingerprint density at radius 3 is 2.20 bits per heavy atom. The summed E-state index contributed by atoms with van der Waals surface area (Å²) in [7, 11) is 0. The summed E-state index contributed by atoms with van der Waals surface area (Å²) in [5.41, 5.74) is 2.89. The molecule has 2 saturated carbocycles. The molecule has 7 unspecified atom stereocenters. The zero-order valence-corrected chi connectivity index (χ0v) is 28.0. The summed E-state index contributed by atoms with van der Waals surface area (Å²) in [6.07, 6.45) is 0.213. The van der Waals surface area contributed by atoms with Crippen LogP contribution in [0.1, 0.15) is 40.5 Å². The van der Waals surface area contributed by atoms with Gasteiger partial charge in [0.15, 0.2) is 6.10 Å². The lowest BCUT2D eigenvalue weighted by Gasteiger charge is -2.28. The molecular formula is C35H27Br2ClN2O5. The summed E-state index contributed by atoms with van der Waals surface area (Å²) in [5.74, 6) is -1.57. The number of amides is 2. The standard InChI is InChI=1S/C35H27Br2ClN2O5/c1-2-27(32(41)18-6-4-3-5-7-18)45-35(44)22-16-26(39-25-13-10-19(38)14-21(22)25)17-8-11-20(12-9-17)40-33(42)28-23-15-24(29(28)34(40)43)31(37)30(23)36/h3-14,16,23-24,27-31H,2,15H2,1H3. The highest BCUT2D eigenvalue weighted by Gasteiger charge is 2.66. The van der Waals surface area contributed by atoms with Crippen LogP contribution in [-0.4, -0.2) is 44.3 Å². The monoisotopic (exact) mass is 748 g/mol. The molecule has 7 nitrogen and oxygen atoms in total. The number of imide groups is 1. The average molecular weight is 751 g/mol. The SMILES string of the molecule is CCC(OC(=O)c1cc(-c2ccc(N3C(=O)C4C5CC(C(Br)C5Br)C4C3=O)cc2)nc2ccc(Cl)cc12)C(=O)c1ccccc1. The molecule has 2 heterocycles. The van der Waals surface area contributed by atoms with E-state index in [9.17, 15) is 19.2 Å². The Hall–Kier alpha value is -3.40. The Balaban J connectivity index is 1.19.